The van der Waals surface area contributed by atoms with E-state index in [-0.39, 0.29) is 4.90 Å². The van der Waals surface area contributed by atoms with Gasteiger partial charge >= 0.3 is 0 Å². The molecule has 0 N–H and O–H groups in total. The molecule has 0 aromatic heterocycles. The highest BCUT2D eigenvalue weighted by molar-refractivity contribution is 7.85. The minimum atomic E-state index is -4.27. The lowest BCUT2D eigenvalue weighted by Gasteiger charge is -2.28. The van der Waals surface area contributed by atoms with E-state index in [4.69, 9.17) is 0 Å². The molecule has 0 aliphatic rings. The smallest absolute Gasteiger partial charge is 0.124 e. The number of hydrogen-bond acceptors (Lipinski definition) is 3. The molecule has 28 heavy (non-hydrogen) atoms. The Labute approximate surface area is 174 Å². The molecule has 1 aromatic carbocycles. The van der Waals surface area contributed by atoms with E-state index in [2.05, 4.69) is 27.9 Å². The first-order chi connectivity index (χ1) is 13.1. The fourth-order valence-electron chi connectivity index (χ4n) is 2.89. The Morgan fingerprint density at radius 2 is 1.21 bits per heavy atom. The van der Waals surface area contributed by atoms with Crippen LogP contribution >= 0.6 is 0 Å². The molecule has 1 aromatic rings. The highest BCUT2D eigenvalue weighted by Gasteiger charge is 2.09. The van der Waals surface area contributed by atoms with Crippen molar-refractivity contribution in [1.82, 2.24) is 0 Å². The van der Waals surface area contributed by atoms with Gasteiger partial charge in [-0.15, -0.1) is 0 Å². The second kappa shape index (κ2) is 15.0. The van der Waals surface area contributed by atoms with E-state index in [0.717, 1.165) is 5.56 Å². The molecule has 0 heterocycles. The van der Waals surface area contributed by atoms with Crippen LogP contribution in [-0.4, -0.2) is 44.6 Å². The van der Waals surface area contributed by atoms with Gasteiger partial charge in [-0.05, 0) is 38.8 Å². The SMILES string of the molecule is CCCCCCCCCCCC[N+](C)(C)CC.Cc1ccc(S(=O)(=O)[O-])cc1. The largest absolute Gasteiger partial charge is 0.744 e. The van der Waals surface area contributed by atoms with Crippen LogP contribution in [0.25, 0.3) is 0 Å². The van der Waals surface area contributed by atoms with E-state index in [0.29, 0.717) is 0 Å². The number of rotatable bonds is 13. The third-order valence-corrected chi connectivity index (χ3v) is 6.13. The third kappa shape index (κ3) is 15.1. The molecule has 0 atom stereocenters. The van der Waals surface area contributed by atoms with E-state index in [1.165, 1.54) is 93.9 Å². The van der Waals surface area contributed by atoms with E-state index in [1.54, 1.807) is 12.1 Å². The second-order valence-corrected chi connectivity index (χ2v) is 9.80. The molecule has 0 saturated heterocycles. The van der Waals surface area contributed by atoms with Crippen molar-refractivity contribution in [2.45, 2.75) is 89.9 Å². The molecule has 0 unspecified atom stereocenters. The van der Waals surface area contributed by atoms with Crippen LogP contribution in [0, 0.1) is 6.92 Å². The van der Waals surface area contributed by atoms with Gasteiger partial charge in [-0.2, -0.15) is 0 Å². The van der Waals surface area contributed by atoms with Crippen molar-refractivity contribution in [2.75, 3.05) is 27.2 Å². The number of quaternary nitrogens is 1. The highest BCUT2D eigenvalue weighted by Crippen LogP contribution is 2.11. The topological polar surface area (TPSA) is 57.2 Å². The normalized spacial score (nSPS) is 11.8. The van der Waals surface area contributed by atoms with Crippen molar-refractivity contribution in [3.8, 4) is 0 Å². The summed E-state index contributed by atoms with van der Waals surface area (Å²) in [5.41, 5.74) is 0.928. The molecule has 0 fully saturated rings. The summed E-state index contributed by atoms with van der Waals surface area (Å²) >= 11 is 0. The van der Waals surface area contributed by atoms with Crippen LogP contribution in [0.15, 0.2) is 29.2 Å². The zero-order valence-corrected chi connectivity index (χ0v) is 19.7. The molecule has 0 amide bonds. The number of unbranched alkanes of at least 4 members (excludes halogenated alkanes) is 9. The van der Waals surface area contributed by atoms with Gasteiger partial charge in [-0.25, -0.2) is 8.42 Å². The summed E-state index contributed by atoms with van der Waals surface area (Å²) in [6, 6.07) is 5.78. The van der Waals surface area contributed by atoms with Gasteiger partial charge < -0.3 is 9.04 Å². The molecule has 0 spiro atoms. The fourth-order valence-corrected chi connectivity index (χ4v) is 3.36. The van der Waals surface area contributed by atoms with Gasteiger partial charge in [0.1, 0.15) is 10.1 Å². The molecule has 0 aliphatic heterocycles. The molecule has 0 aliphatic carbocycles. The molecule has 164 valence electrons. The maximum atomic E-state index is 10.4. The Balaban J connectivity index is 0.000000567. The number of hydrogen-bond donors (Lipinski definition) is 0. The Kier molecular flexibility index (Phi) is 14.5. The van der Waals surface area contributed by atoms with Crippen molar-refractivity contribution >= 4 is 10.1 Å². The van der Waals surface area contributed by atoms with Crippen LogP contribution in [-0.2, 0) is 10.1 Å². The standard InChI is InChI=1S/C16H36N.C7H8O3S/c1-5-7-8-9-10-11-12-13-14-15-16-17(3,4)6-2;1-6-2-4-7(5-3-6)11(8,9)10/h5-16H2,1-4H3;2-5H,1H3,(H,8,9,10)/q+1;/p-1. The van der Waals surface area contributed by atoms with Crippen molar-refractivity contribution < 1.29 is 17.5 Å². The minimum absolute atomic E-state index is 0.178. The molecular formula is C23H43NO3S. The second-order valence-electron chi connectivity index (χ2n) is 8.42. The third-order valence-electron chi connectivity index (χ3n) is 5.28. The van der Waals surface area contributed by atoms with E-state index in [1.807, 2.05) is 6.92 Å². The number of aryl methyl sites for hydroxylation is 1. The molecule has 0 radical (unpaired) electrons. The molecular weight excluding hydrogens is 370 g/mol. The summed E-state index contributed by atoms with van der Waals surface area (Å²) < 4.78 is 32.4. The Bertz CT molecular complexity index is 595. The molecule has 5 heteroatoms. The predicted octanol–water partition coefficient (Wildman–Crippen LogP) is 5.90. The average Bonchev–Trinajstić information content (AvgIpc) is 2.63. The zero-order chi connectivity index (χ0) is 21.5. The van der Waals surface area contributed by atoms with Gasteiger partial charge in [-0.1, -0.05) is 76.0 Å². The Morgan fingerprint density at radius 1 is 0.786 bits per heavy atom. The van der Waals surface area contributed by atoms with Gasteiger partial charge in [0.2, 0.25) is 0 Å². The quantitative estimate of drug-likeness (QED) is 0.230. The first-order valence-electron chi connectivity index (χ1n) is 11.0. The van der Waals surface area contributed by atoms with Crippen molar-refractivity contribution in [3.63, 3.8) is 0 Å². The minimum Gasteiger partial charge on any atom is -0.744 e. The summed E-state index contributed by atoms with van der Waals surface area (Å²) in [5, 5.41) is 0. The van der Waals surface area contributed by atoms with Gasteiger partial charge in [0.05, 0.1) is 32.1 Å². The number of benzene rings is 1. The predicted molar refractivity (Wildman–Crippen MR) is 119 cm³/mol. The maximum absolute atomic E-state index is 10.4. The van der Waals surface area contributed by atoms with Crippen LogP contribution in [0.1, 0.15) is 83.6 Å². The van der Waals surface area contributed by atoms with E-state index < -0.39 is 10.1 Å². The van der Waals surface area contributed by atoms with E-state index >= 15 is 0 Å². The monoisotopic (exact) mass is 413 g/mol. The lowest BCUT2D eigenvalue weighted by atomic mass is 10.1. The summed E-state index contributed by atoms with van der Waals surface area (Å²) in [6.07, 6.45) is 14.4. The van der Waals surface area contributed by atoms with Gasteiger partial charge in [0.25, 0.3) is 0 Å². The molecule has 0 saturated carbocycles. The lowest BCUT2D eigenvalue weighted by molar-refractivity contribution is -0.888. The van der Waals surface area contributed by atoms with Crippen LogP contribution in [0.2, 0.25) is 0 Å². The van der Waals surface area contributed by atoms with Crippen molar-refractivity contribution in [1.29, 1.82) is 0 Å². The lowest BCUT2D eigenvalue weighted by Crippen LogP contribution is -2.39. The maximum Gasteiger partial charge on any atom is 0.124 e. The van der Waals surface area contributed by atoms with E-state index in [9.17, 15) is 13.0 Å². The summed E-state index contributed by atoms with van der Waals surface area (Å²) in [7, 11) is 0.412. The first kappa shape index (κ1) is 27.1. The van der Waals surface area contributed by atoms with Crippen LogP contribution < -0.4 is 0 Å². The molecule has 4 nitrogen and oxygen atoms in total. The van der Waals surface area contributed by atoms with Crippen molar-refractivity contribution in [3.05, 3.63) is 29.8 Å². The van der Waals surface area contributed by atoms with Crippen LogP contribution in [0.3, 0.4) is 0 Å². The van der Waals surface area contributed by atoms with Crippen LogP contribution in [0.4, 0.5) is 0 Å². The molecule has 1 rings (SSSR count). The van der Waals surface area contributed by atoms with Crippen molar-refractivity contribution in [2.24, 2.45) is 0 Å². The van der Waals surface area contributed by atoms with Crippen LogP contribution in [0.5, 0.6) is 0 Å². The first-order valence-corrected chi connectivity index (χ1v) is 12.4. The summed E-state index contributed by atoms with van der Waals surface area (Å²) in [4.78, 5) is -0.178. The van der Waals surface area contributed by atoms with Gasteiger partial charge in [-0.3, -0.25) is 0 Å². The highest BCUT2D eigenvalue weighted by atomic mass is 32.2. The number of nitrogens with zero attached hydrogens (tertiary/aromatic N) is 1. The Hall–Kier alpha value is -0.910. The average molecular weight is 414 g/mol. The fraction of sp³-hybridized carbons (Fsp3) is 0.739. The summed E-state index contributed by atoms with van der Waals surface area (Å²) in [6.45, 7) is 9.01. The van der Waals surface area contributed by atoms with Gasteiger partial charge in [0.15, 0.2) is 0 Å². The summed E-state index contributed by atoms with van der Waals surface area (Å²) in [5.74, 6) is 0. The van der Waals surface area contributed by atoms with Gasteiger partial charge in [0, 0.05) is 0 Å². The Morgan fingerprint density at radius 3 is 1.61 bits per heavy atom. The molecule has 0 bridgehead atoms. The zero-order valence-electron chi connectivity index (χ0n) is 18.9.